The van der Waals surface area contributed by atoms with E-state index in [4.69, 9.17) is 4.74 Å². The Bertz CT molecular complexity index is 437. The minimum Gasteiger partial charge on any atom is -0.449 e. The van der Waals surface area contributed by atoms with Crippen LogP contribution in [-0.2, 0) is 4.74 Å². The molecule has 1 aromatic rings. The standard InChI is InChI=1S/C13H15BrF3NO3/c14-8-2-1-3-9-20-12(19)18-10-4-6-11(7-5-10)21-13(15,16)17/h4-7H,1-3,8-9H2,(H,18,19). The number of benzene rings is 1. The second-order valence-corrected chi connectivity index (χ2v) is 4.88. The van der Waals surface area contributed by atoms with Gasteiger partial charge in [-0.25, -0.2) is 4.79 Å². The van der Waals surface area contributed by atoms with E-state index >= 15 is 0 Å². The SMILES string of the molecule is O=C(Nc1ccc(OC(F)(F)F)cc1)OCCCCCBr. The van der Waals surface area contributed by atoms with Crippen LogP contribution < -0.4 is 10.1 Å². The van der Waals surface area contributed by atoms with Gasteiger partial charge in [0.05, 0.1) is 6.61 Å². The topological polar surface area (TPSA) is 47.6 Å². The van der Waals surface area contributed by atoms with E-state index < -0.39 is 12.5 Å². The highest BCUT2D eigenvalue weighted by Gasteiger charge is 2.30. The van der Waals surface area contributed by atoms with Gasteiger partial charge >= 0.3 is 12.5 Å². The number of anilines is 1. The Labute approximate surface area is 128 Å². The molecular weight excluding hydrogens is 355 g/mol. The second-order valence-electron chi connectivity index (χ2n) is 4.08. The number of nitrogens with one attached hydrogen (secondary N) is 1. The van der Waals surface area contributed by atoms with Crippen LogP contribution in [0.15, 0.2) is 24.3 Å². The Morgan fingerprint density at radius 3 is 2.38 bits per heavy atom. The maximum absolute atomic E-state index is 12.0. The molecule has 1 amide bonds. The number of ether oxygens (including phenoxy) is 2. The van der Waals surface area contributed by atoms with Gasteiger partial charge in [-0.15, -0.1) is 13.2 Å². The molecule has 0 bridgehead atoms. The molecule has 0 saturated heterocycles. The monoisotopic (exact) mass is 369 g/mol. The van der Waals surface area contributed by atoms with Crippen LogP contribution in [0.4, 0.5) is 23.7 Å². The molecule has 1 rings (SSSR count). The van der Waals surface area contributed by atoms with Gasteiger partial charge in [-0.1, -0.05) is 15.9 Å². The summed E-state index contributed by atoms with van der Waals surface area (Å²) in [5, 5.41) is 3.32. The fraction of sp³-hybridized carbons (Fsp3) is 0.462. The average molecular weight is 370 g/mol. The van der Waals surface area contributed by atoms with Crippen molar-refractivity contribution in [3.63, 3.8) is 0 Å². The third kappa shape index (κ3) is 8.44. The van der Waals surface area contributed by atoms with Gasteiger partial charge < -0.3 is 9.47 Å². The fourth-order valence-corrected chi connectivity index (χ4v) is 1.83. The van der Waals surface area contributed by atoms with Gasteiger partial charge in [-0.05, 0) is 43.5 Å². The minimum absolute atomic E-state index is 0.300. The molecule has 0 atom stereocenters. The van der Waals surface area contributed by atoms with Crippen molar-refractivity contribution in [1.82, 2.24) is 0 Å². The Morgan fingerprint density at radius 1 is 1.14 bits per heavy atom. The van der Waals surface area contributed by atoms with Crippen LogP contribution in [0, 0.1) is 0 Å². The second kappa shape index (κ2) is 8.76. The molecule has 118 valence electrons. The average Bonchev–Trinajstić information content (AvgIpc) is 2.39. The third-order valence-corrected chi connectivity index (χ3v) is 2.91. The summed E-state index contributed by atoms with van der Waals surface area (Å²) < 4.78 is 44.5. The first-order valence-corrected chi connectivity index (χ1v) is 7.38. The summed E-state index contributed by atoms with van der Waals surface area (Å²) in [6.07, 6.45) is -2.66. The predicted octanol–water partition coefficient (Wildman–Crippen LogP) is 4.70. The van der Waals surface area contributed by atoms with Gasteiger partial charge in [-0.2, -0.15) is 0 Å². The third-order valence-electron chi connectivity index (χ3n) is 2.35. The number of hydrogen-bond acceptors (Lipinski definition) is 3. The largest absolute Gasteiger partial charge is 0.573 e. The number of alkyl halides is 4. The molecule has 1 N–H and O–H groups in total. The van der Waals surface area contributed by atoms with Crippen molar-refractivity contribution >= 4 is 27.7 Å². The summed E-state index contributed by atoms with van der Waals surface area (Å²) in [6, 6.07) is 4.82. The van der Waals surface area contributed by atoms with Crippen LogP contribution in [0.1, 0.15) is 19.3 Å². The lowest BCUT2D eigenvalue weighted by Crippen LogP contribution is -2.17. The van der Waals surface area contributed by atoms with Crippen LogP contribution >= 0.6 is 15.9 Å². The zero-order valence-electron chi connectivity index (χ0n) is 11.1. The normalized spacial score (nSPS) is 11.0. The highest BCUT2D eigenvalue weighted by Crippen LogP contribution is 2.23. The van der Waals surface area contributed by atoms with E-state index in [1.54, 1.807) is 0 Å². The summed E-state index contributed by atoms with van der Waals surface area (Å²) in [4.78, 5) is 11.4. The van der Waals surface area contributed by atoms with Crippen LogP contribution in [-0.4, -0.2) is 24.4 Å². The summed E-state index contributed by atoms with van der Waals surface area (Å²) in [7, 11) is 0. The first-order chi connectivity index (χ1) is 9.90. The minimum atomic E-state index is -4.73. The molecule has 0 aliphatic heterocycles. The zero-order chi connectivity index (χ0) is 15.7. The Balaban J connectivity index is 2.33. The lowest BCUT2D eigenvalue weighted by Gasteiger charge is -2.10. The molecule has 1 aromatic carbocycles. The molecule has 0 fully saturated rings. The number of carbonyl (C=O) groups is 1. The molecule has 8 heteroatoms. The van der Waals surface area contributed by atoms with Gasteiger partial charge in [0, 0.05) is 11.0 Å². The summed E-state index contributed by atoms with van der Waals surface area (Å²) in [5.74, 6) is -0.351. The van der Waals surface area contributed by atoms with E-state index in [-0.39, 0.29) is 5.75 Å². The molecule has 0 radical (unpaired) electrons. The number of hydrogen-bond donors (Lipinski definition) is 1. The van der Waals surface area contributed by atoms with Gasteiger partial charge in [-0.3, -0.25) is 5.32 Å². The Hall–Kier alpha value is -1.44. The van der Waals surface area contributed by atoms with Crippen molar-refractivity contribution in [3.05, 3.63) is 24.3 Å². The quantitative estimate of drug-likeness (QED) is 0.559. The summed E-state index contributed by atoms with van der Waals surface area (Å²) in [6.45, 7) is 0.300. The molecule has 21 heavy (non-hydrogen) atoms. The van der Waals surface area contributed by atoms with Crippen molar-refractivity contribution in [3.8, 4) is 5.75 Å². The molecule has 0 saturated carbocycles. The lowest BCUT2D eigenvalue weighted by atomic mass is 10.3. The molecule has 0 spiro atoms. The van der Waals surface area contributed by atoms with Crippen molar-refractivity contribution in [2.75, 3.05) is 17.3 Å². The van der Waals surface area contributed by atoms with Crippen LogP contribution in [0.3, 0.4) is 0 Å². The molecule has 0 unspecified atom stereocenters. The number of halogens is 4. The number of amides is 1. The number of unbranched alkanes of at least 4 members (excludes halogenated alkanes) is 2. The van der Waals surface area contributed by atoms with E-state index in [0.29, 0.717) is 12.3 Å². The first kappa shape index (κ1) is 17.6. The van der Waals surface area contributed by atoms with Crippen molar-refractivity contribution in [2.45, 2.75) is 25.6 Å². The first-order valence-electron chi connectivity index (χ1n) is 6.26. The highest BCUT2D eigenvalue weighted by atomic mass is 79.9. The van der Waals surface area contributed by atoms with Crippen LogP contribution in [0.2, 0.25) is 0 Å². The maximum atomic E-state index is 12.0. The van der Waals surface area contributed by atoms with E-state index in [1.165, 1.54) is 12.1 Å². The highest BCUT2D eigenvalue weighted by molar-refractivity contribution is 9.09. The van der Waals surface area contributed by atoms with E-state index in [9.17, 15) is 18.0 Å². The molecule has 0 aliphatic carbocycles. The predicted molar refractivity (Wildman–Crippen MR) is 75.7 cm³/mol. The van der Waals surface area contributed by atoms with Gasteiger partial charge in [0.15, 0.2) is 0 Å². The van der Waals surface area contributed by atoms with E-state index in [0.717, 1.165) is 36.7 Å². The van der Waals surface area contributed by atoms with Crippen molar-refractivity contribution < 1.29 is 27.4 Å². The van der Waals surface area contributed by atoms with Gasteiger partial charge in [0.1, 0.15) is 5.75 Å². The van der Waals surface area contributed by atoms with Gasteiger partial charge in [0.25, 0.3) is 0 Å². The van der Waals surface area contributed by atoms with Crippen molar-refractivity contribution in [2.24, 2.45) is 0 Å². The van der Waals surface area contributed by atoms with Crippen LogP contribution in [0.25, 0.3) is 0 Å². The van der Waals surface area contributed by atoms with E-state index in [1.807, 2.05) is 0 Å². The Kier molecular flexibility index (Phi) is 7.35. The number of rotatable bonds is 7. The summed E-state index contributed by atoms with van der Waals surface area (Å²) in [5.41, 5.74) is 0.329. The number of carbonyl (C=O) groups excluding carboxylic acids is 1. The summed E-state index contributed by atoms with van der Waals surface area (Å²) >= 11 is 3.30. The zero-order valence-corrected chi connectivity index (χ0v) is 12.7. The Morgan fingerprint density at radius 2 is 1.81 bits per heavy atom. The van der Waals surface area contributed by atoms with Crippen molar-refractivity contribution in [1.29, 1.82) is 0 Å². The molecule has 4 nitrogen and oxygen atoms in total. The molecule has 0 aliphatic rings. The smallest absolute Gasteiger partial charge is 0.449 e. The fourth-order valence-electron chi connectivity index (χ4n) is 1.43. The van der Waals surface area contributed by atoms with Crippen LogP contribution in [0.5, 0.6) is 5.75 Å². The van der Waals surface area contributed by atoms with E-state index in [2.05, 4.69) is 26.0 Å². The maximum Gasteiger partial charge on any atom is 0.573 e. The molecule has 0 heterocycles. The molecular formula is C13H15BrF3NO3. The lowest BCUT2D eigenvalue weighted by molar-refractivity contribution is -0.274. The van der Waals surface area contributed by atoms with Gasteiger partial charge in [0.2, 0.25) is 0 Å². The molecule has 0 aromatic heterocycles.